The lowest BCUT2D eigenvalue weighted by Gasteiger charge is -2.16. The van der Waals surface area contributed by atoms with Gasteiger partial charge < -0.3 is 14.8 Å². The van der Waals surface area contributed by atoms with Crippen LogP contribution in [0.15, 0.2) is 82.2 Å². The van der Waals surface area contributed by atoms with Crippen LogP contribution in [0.3, 0.4) is 0 Å². The molecule has 0 unspecified atom stereocenters. The second kappa shape index (κ2) is 9.11. The van der Waals surface area contributed by atoms with Crippen molar-refractivity contribution in [1.82, 2.24) is 9.38 Å². The van der Waals surface area contributed by atoms with E-state index in [0.29, 0.717) is 34.1 Å². The Morgan fingerprint density at radius 2 is 1.82 bits per heavy atom. The number of nitrogens with one attached hydrogen (secondary N) is 1. The predicted molar refractivity (Wildman–Crippen MR) is 128 cm³/mol. The predicted octanol–water partition coefficient (Wildman–Crippen LogP) is 3.87. The van der Waals surface area contributed by atoms with Gasteiger partial charge in [-0.1, -0.05) is 30.3 Å². The van der Waals surface area contributed by atoms with Gasteiger partial charge in [-0.3, -0.25) is 18.8 Å². The Balaban J connectivity index is 1.47. The first-order chi connectivity index (χ1) is 16.5. The quantitative estimate of drug-likeness (QED) is 0.306. The molecule has 1 atom stereocenters. The standard InChI is InChI=1S/C25H18BrN3O5/c26-16-6-9-22-27-18(12-23(30)29(22)13-16)10-19(24(31)15-4-2-1-3-5-15)25(32)28-17-7-8-20-21(11-17)34-14-33-20/h1-9,11-13,19H,10,14H2,(H,28,32)/t19-/m0/s1. The molecule has 0 fully saturated rings. The fourth-order valence-electron chi connectivity index (χ4n) is 3.75. The van der Waals surface area contributed by atoms with Crippen LogP contribution in [0, 0.1) is 5.92 Å². The van der Waals surface area contributed by atoms with Crippen molar-refractivity contribution in [3.05, 3.63) is 99.0 Å². The maximum Gasteiger partial charge on any atom is 0.258 e. The molecule has 1 amide bonds. The van der Waals surface area contributed by atoms with E-state index < -0.39 is 11.8 Å². The second-order valence-electron chi connectivity index (χ2n) is 7.71. The zero-order chi connectivity index (χ0) is 23.7. The number of carbonyl (C=O) groups excluding carboxylic acids is 2. The molecule has 4 aromatic rings. The van der Waals surface area contributed by atoms with Gasteiger partial charge in [0.1, 0.15) is 11.6 Å². The number of carbonyl (C=O) groups is 2. The van der Waals surface area contributed by atoms with Crippen LogP contribution in [0.1, 0.15) is 16.1 Å². The molecule has 9 heteroatoms. The molecule has 0 aliphatic carbocycles. The molecule has 0 bridgehead atoms. The van der Waals surface area contributed by atoms with Gasteiger partial charge >= 0.3 is 0 Å². The molecule has 170 valence electrons. The second-order valence-corrected chi connectivity index (χ2v) is 8.62. The molecule has 2 aromatic carbocycles. The molecule has 0 radical (unpaired) electrons. The number of benzene rings is 2. The molecule has 5 rings (SSSR count). The summed E-state index contributed by atoms with van der Waals surface area (Å²) in [6.45, 7) is 0.113. The molecule has 0 saturated heterocycles. The highest BCUT2D eigenvalue weighted by atomic mass is 79.9. The first kappa shape index (κ1) is 21.8. The summed E-state index contributed by atoms with van der Waals surface area (Å²) in [4.78, 5) is 43.8. The van der Waals surface area contributed by atoms with E-state index in [-0.39, 0.29) is 24.6 Å². The third-order valence-electron chi connectivity index (χ3n) is 5.42. The molecule has 1 aliphatic rings. The van der Waals surface area contributed by atoms with Gasteiger partial charge in [0.25, 0.3) is 5.56 Å². The molecule has 1 N–H and O–H groups in total. The van der Waals surface area contributed by atoms with Gasteiger partial charge in [-0.25, -0.2) is 4.98 Å². The average Bonchev–Trinajstić information content (AvgIpc) is 3.31. The number of hydrogen-bond donors (Lipinski definition) is 1. The van der Waals surface area contributed by atoms with E-state index in [1.165, 1.54) is 10.5 Å². The molecular weight excluding hydrogens is 502 g/mol. The van der Waals surface area contributed by atoms with Crippen LogP contribution in [0.2, 0.25) is 0 Å². The number of pyridine rings is 1. The number of aromatic nitrogens is 2. The van der Waals surface area contributed by atoms with E-state index >= 15 is 0 Å². The third kappa shape index (κ3) is 4.42. The first-order valence-corrected chi connectivity index (χ1v) is 11.2. The Morgan fingerprint density at radius 3 is 2.65 bits per heavy atom. The number of anilines is 1. The lowest BCUT2D eigenvalue weighted by molar-refractivity contribution is -0.118. The van der Waals surface area contributed by atoms with Crippen molar-refractivity contribution in [1.29, 1.82) is 0 Å². The Bertz CT molecular complexity index is 1470. The fourth-order valence-corrected chi connectivity index (χ4v) is 4.09. The number of rotatable bonds is 6. The summed E-state index contributed by atoms with van der Waals surface area (Å²) in [5, 5.41) is 2.79. The van der Waals surface area contributed by atoms with Gasteiger partial charge in [-0.2, -0.15) is 0 Å². The summed E-state index contributed by atoms with van der Waals surface area (Å²) in [6.07, 6.45) is 1.58. The summed E-state index contributed by atoms with van der Waals surface area (Å²) in [6, 6.07) is 18.4. The minimum absolute atomic E-state index is 0.0358. The lowest BCUT2D eigenvalue weighted by atomic mass is 9.92. The zero-order valence-corrected chi connectivity index (χ0v) is 19.3. The zero-order valence-electron chi connectivity index (χ0n) is 17.7. The maximum atomic E-state index is 13.3. The Hall–Kier alpha value is -3.98. The van der Waals surface area contributed by atoms with Crippen molar-refractivity contribution in [3.8, 4) is 11.5 Å². The molecule has 2 aromatic heterocycles. The van der Waals surface area contributed by atoms with E-state index in [2.05, 4.69) is 26.2 Å². The van der Waals surface area contributed by atoms with Crippen molar-refractivity contribution >= 4 is 39.0 Å². The minimum Gasteiger partial charge on any atom is -0.454 e. The molecule has 3 heterocycles. The Morgan fingerprint density at radius 1 is 1.03 bits per heavy atom. The Labute approximate surface area is 202 Å². The average molecular weight is 520 g/mol. The van der Waals surface area contributed by atoms with Gasteiger partial charge in [0.2, 0.25) is 12.7 Å². The van der Waals surface area contributed by atoms with Crippen LogP contribution in [0.25, 0.3) is 5.65 Å². The van der Waals surface area contributed by atoms with Gasteiger partial charge in [-0.15, -0.1) is 0 Å². The number of nitrogens with zero attached hydrogens (tertiary/aromatic N) is 2. The van der Waals surface area contributed by atoms with Crippen molar-refractivity contribution in [3.63, 3.8) is 0 Å². The van der Waals surface area contributed by atoms with Crippen LogP contribution < -0.4 is 20.3 Å². The number of amides is 1. The van der Waals surface area contributed by atoms with Crippen molar-refractivity contribution in [2.24, 2.45) is 5.92 Å². The number of hydrogen-bond acceptors (Lipinski definition) is 6. The van der Waals surface area contributed by atoms with Gasteiger partial charge in [0, 0.05) is 46.2 Å². The van der Waals surface area contributed by atoms with Crippen molar-refractivity contribution in [2.45, 2.75) is 6.42 Å². The number of ketones is 1. The highest BCUT2D eigenvalue weighted by Crippen LogP contribution is 2.34. The highest BCUT2D eigenvalue weighted by Gasteiger charge is 2.29. The number of Topliss-reactive ketones (excluding diaryl/α,β-unsaturated/α-hetero) is 1. The topological polar surface area (TPSA) is 99.0 Å². The SMILES string of the molecule is O=C(Nc1ccc2c(c1)OCO2)[C@@H](Cc1cc(=O)n2cc(Br)ccc2n1)C(=O)c1ccccc1. The fraction of sp³-hybridized carbons (Fsp3) is 0.120. The highest BCUT2D eigenvalue weighted by molar-refractivity contribution is 9.10. The molecule has 1 aliphatic heterocycles. The summed E-state index contributed by atoms with van der Waals surface area (Å²) >= 11 is 3.34. The summed E-state index contributed by atoms with van der Waals surface area (Å²) in [5.41, 5.74) is 1.34. The molecule has 8 nitrogen and oxygen atoms in total. The lowest BCUT2D eigenvalue weighted by Crippen LogP contribution is -2.32. The van der Waals surface area contributed by atoms with E-state index in [0.717, 1.165) is 4.47 Å². The van der Waals surface area contributed by atoms with Crippen LogP contribution >= 0.6 is 15.9 Å². The summed E-state index contributed by atoms with van der Waals surface area (Å²) < 4.78 is 12.8. The largest absolute Gasteiger partial charge is 0.454 e. The smallest absolute Gasteiger partial charge is 0.258 e. The van der Waals surface area contributed by atoms with Gasteiger partial charge in [0.05, 0.1) is 0 Å². The van der Waals surface area contributed by atoms with E-state index in [1.807, 2.05) is 0 Å². The monoisotopic (exact) mass is 519 g/mol. The van der Waals surface area contributed by atoms with E-state index in [9.17, 15) is 14.4 Å². The summed E-state index contributed by atoms with van der Waals surface area (Å²) in [7, 11) is 0. The molecule has 0 spiro atoms. The third-order valence-corrected chi connectivity index (χ3v) is 5.89. The maximum absolute atomic E-state index is 13.3. The Kier molecular flexibility index (Phi) is 5.85. The van der Waals surface area contributed by atoms with Gasteiger partial charge in [-0.05, 0) is 40.2 Å². The molecular formula is C25H18BrN3O5. The van der Waals surface area contributed by atoms with Crippen LogP contribution in [-0.2, 0) is 11.2 Å². The van der Waals surface area contributed by atoms with Crippen LogP contribution in [-0.4, -0.2) is 27.9 Å². The van der Waals surface area contributed by atoms with Crippen molar-refractivity contribution in [2.75, 3.05) is 12.1 Å². The minimum atomic E-state index is -1.10. The number of halogens is 1. The normalized spacial score (nSPS) is 13.0. The summed E-state index contributed by atoms with van der Waals surface area (Å²) in [5.74, 6) is -0.874. The van der Waals surface area contributed by atoms with Crippen molar-refractivity contribution < 1.29 is 19.1 Å². The van der Waals surface area contributed by atoms with Gasteiger partial charge in [0.15, 0.2) is 17.3 Å². The van der Waals surface area contributed by atoms with Crippen LogP contribution in [0.5, 0.6) is 11.5 Å². The van der Waals surface area contributed by atoms with E-state index in [1.54, 1.807) is 66.9 Å². The van der Waals surface area contributed by atoms with E-state index in [4.69, 9.17) is 9.47 Å². The molecule has 0 saturated carbocycles. The number of fused-ring (bicyclic) bond motifs is 2. The molecule has 34 heavy (non-hydrogen) atoms. The number of ether oxygens (including phenoxy) is 2. The first-order valence-electron chi connectivity index (χ1n) is 10.5. The van der Waals surface area contributed by atoms with Crippen LogP contribution in [0.4, 0.5) is 5.69 Å².